The highest BCUT2D eigenvalue weighted by molar-refractivity contribution is 14.0. The van der Waals surface area contributed by atoms with Crippen molar-refractivity contribution in [1.29, 1.82) is 0 Å². The van der Waals surface area contributed by atoms with Crippen LogP contribution in [-0.2, 0) is 13.0 Å². The predicted octanol–water partition coefficient (Wildman–Crippen LogP) is 4.00. The van der Waals surface area contributed by atoms with Gasteiger partial charge in [0.25, 0.3) is 0 Å². The minimum absolute atomic E-state index is 0. The van der Waals surface area contributed by atoms with Crippen LogP contribution >= 0.6 is 24.0 Å². The molecule has 0 saturated carbocycles. The Morgan fingerprint density at radius 2 is 2.05 bits per heavy atom. The van der Waals surface area contributed by atoms with Crippen LogP contribution in [0.3, 0.4) is 0 Å². The number of halogens is 1. The number of nitrogens with two attached hydrogens (primary N) is 1. The van der Waals surface area contributed by atoms with Gasteiger partial charge in [-0.05, 0) is 44.0 Å². The van der Waals surface area contributed by atoms with Crippen LogP contribution in [0.4, 0.5) is 5.69 Å². The highest BCUT2D eigenvalue weighted by atomic mass is 127. The average molecular weight is 399 g/mol. The summed E-state index contributed by atoms with van der Waals surface area (Å²) in [5.41, 5.74) is 9.21. The van der Waals surface area contributed by atoms with Crippen LogP contribution < -0.4 is 11.1 Å². The molecule has 0 unspecified atom stereocenters. The van der Waals surface area contributed by atoms with Crippen LogP contribution in [0.5, 0.6) is 0 Å². The molecule has 0 bridgehead atoms. The van der Waals surface area contributed by atoms with Crippen molar-refractivity contribution in [2.75, 3.05) is 5.32 Å². The number of guanidine groups is 1. The molecule has 2 aromatic rings. The number of rotatable bonds is 4. The standard InChI is InChI=1S/C16H21N3O.HI/c1-4-13-6-5-7-15(9-13)19-16(17)18-10-14-8-11(2)20-12(14)3;/h5-9H,4,10H2,1-3H3,(H3,17,18,19);1H. The number of nitrogens with zero attached hydrogens (tertiary/aromatic N) is 1. The lowest BCUT2D eigenvalue weighted by Gasteiger charge is -2.07. The molecule has 5 heteroatoms. The minimum Gasteiger partial charge on any atom is -0.466 e. The van der Waals surface area contributed by atoms with E-state index in [0.717, 1.165) is 29.2 Å². The molecule has 0 spiro atoms. The summed E-state index contributed by atoms with van der Waals surface area (Å²) in [6.07, 6.45) is 1.00. The number of nitrogens with one attached hydrogen (secondary N) is 1. The molecule has 0 aliphatic rings. The Balaban J connectivity index is 0.00000220. The molecule has 0 aliphatic heterocycles. The average Bonchev–Trinajstić information content (AvgIpc) is 2.75. The van der Waals surface area contributed by atoms with Crippen molar-refractivity contribution in [3.63, 3.8) is 0 Å². The first kappa shape index (κ1) is 17.6. The van der Waals surface area contributed by atoms with E-state index < -0.39 is 0 Å². The lowest BCUT2D eigenvalue weighted by Crippen LogP contribution is -2.22. The summed E-state index contributed by atoms with van der Waals surface area (Å²) in [6, 6.07) is 10.2. The zero-order chi connectivity index (χ0) is 14.5. The Kier molecular flexibility index (Phi) is 6.74. The highest BCUT2D eigenvalue weighted by Crippen LogP contribution is 2.15. The maximum atomic E-state index is 5.91. The lowest BCUT2D eigenvalue weighted by atomic mass is 10.1. The van der Waals surface area contributed by atoms with E-state index in [1.165, 1.54) is 5.56 Å². The van der Waals surface area contributed by atoms with Gasteiger partial charge in [-0.1, -0.05) is 19.1 Å². The maximum Gasteiger partial charge on any atom is 0.193 e. The summed E-state index contributed by atoms with van der Waals surface area (Å²) < 4.78 is 5.46. The monoisotopic (exact) mass is 399 g/mol. The predicted molar refractivity (Wildman–Crippen MR) is 98.4 cm³/mol. The first-order valence-electron chi connectivity index (χ1n) is 6.80. The van der Waals surface area contributed by atoms with E-state index in [1.54, 1.807) is 0 Å². The fourth-order valence-electron chi connectivity index (χ4n) is 2.07. The number of aliphatic imine (C=N–C) groups is 1. The van der Waals surface area contributed by atoms with Gasteiger partial charge in [-0.25, -0.2) is 4.99 Å². The summed E-state index contributed by atoms with van der Waals surface area (Å²) in [5.74, 6) is 2.21. The lowest BCUT2D eigenvalue weighted by molar-refractivity contribution is 0.501. The highest BCUT2D eigenvalue weighted by Gasteiger charge is 2.04. The first-order valence-corrected chi connectivity index (χ1v) is 6.80. The number of aryl methyl sites for hydroxylation is 3. The van der Waals surface area contributed by atoms with Crippen LogP contribution in [0.25, 0.3) is 0 Å². The van der Waals surface area contributed by atoms with Crippen molar-refractivity contribution in [2.45, 2.75) is 33.7 Å². The second-order valence-electron chi connectivity index (χ2n) is 4.82. The van der Waals surface area contributed by atoms with Crippen LogP contribution in [0.1, 0.15) is 29.6 Å². The van der Waals surface area contributed by atoms with E-state index in [1.807, 2.05) is 32.0 Å². The second kappa shape index (κ2) is 8.07. The molecule has 1 aromatic heterocycles. The van der Waals surface area contributed by atoms with Gasteiger partial charge in [0.05, 0.1) is 6.54 Å². The van der Waals surface area contributed by atoms with Gasteiger partial charge in [-0.3, -0.25) is 0 Å². The number of hydrogen-bond acceptors (Lipinski definition) is 2. The molecule has 0 saturated heterocycles. The summed E-state index contributed by atoms with van der Waals surface area (Å²) in [6.45, 7) is 6.51. The first-order chi connectivity index (χ1) is 9.58. The van der Waals surface area contributed by atoms with Crippen LogP contribution in [-0.4, -0.2) is 5.96 Å². The Hall–Kier alpha value is -1.50. The molecule has 1 heterocycles. The SMILES string of the molecule is CCc1cccc(NC(N)=NCc2cc(C)oc2C)c1.I. The van der Waals surface area contributed by atoms with Gasteiger partial charge in [-0.2, -0.15) is 0 Å². The van der Waals surface area contributed by atoms with Crippen molar-refractivity contribution in [2.24, 2.45) is 10.7 Å². The topological polar surface area (TPSA) is 63.5 Å². The van der Waals surface area contributed by atoms with Gasteiger partial charge in [-0.15, -0.1) is 24.0 Å². The molecule has 2 rings (SSSR count). The zero-order valence-corrected chi connectivity index (χ0v) is 15.0. The summed E-state index contributed by atoms with van der Waals surface area (Å²) in [4.78, 5) is 4.34. The third-order valence-corrected chi connectivity index (χ3v) is 3.17. The van der Waals surface area contributed by atoms with Gasteiger partial charge in [0.2, 0.25) is 0 Å². The molecular formula is C16H22IN3O. The van der Waals surface area contributed by atoms with Gasteiger partial charge < -0.3 is 15.5 Å². The fraction of sp³-hybridized carbons (Fsp3) is 0.312. The smallest absolute Gasteiger partial charge is 0.193 e. The minimum atomic E-state index is 0. The molecule has 4 nitrogen and oxygen atoms in total. The number of benzene rings is 1. The van der Waals surface area contributed by atoms with Crippen LogP contribution in [0.15, 0.2) is 39.7 Å². The molecule has 0 amide bonds. The van der Waals surface area contributed by atoms with E-state index in [9.17, 15) is 0 Å². The summed E-state index contributed by atoms with van der Waals surface area (Å²) in [7, 11) is 0. The van der Waals surface area contributed by atoms with Crippen molar-refractivity contribution in [3.05, 3.63) is 53.0 Å². The van der Waals surface area contributed by atoms with Crippen LogP contribution in [0, 0.1) is 13.8 Å². The third-order valence-electron chi connectivity index (χ3n) is 3.17. The summed E-state index contributed by atoms with van der Waals surface area (Å²) in [5, 5.41) is 3.11. The molecule has 0 atom stereocenters. The van der Waals surface area contributed by atoms with E-state index in [2.05, 4.69) is 29.4 Å². The normalized spacial score (nSPS) is 11.1. The largest absolute Gasteiger partial charge is 0.466 e. The van der Waals surface area contributed by atoms with Gasteiger partial charge in [0, 0.05) is 11.3 Å². The van der Waals surface area contributed by atoms with Crippen molar-refractivity contribution in [3.8, 4) is 0 Å². The molecule has 0 radical (unpaired) electrons. The molecular weight excluding hydrogens is 377 g/mol. The Morgan fingerprint density at radius 3 is 2.67 bits per heavy atom. The quantitative estimate of drug-likeness (QED) is 0.464. The summed E-state index contributed by atoms with van der Waals surface area (Å²) >= 11 is 0. The maximum absolute atomic E-state index is 5.91. The molecule has 0 fully saturated rings. The van der Waals surface area contributed by atoms with Crippen molar-refractivity contribution in [1.82, 2.24) is 0 Å². The van der Waals surface area contributed by atoms with Crippen molar-refractivity contribution < 1.29 is 4.42 Å². The van der Waals surface area contributed by atoms with E-state index in [-0.39, 0.29) is 24.0 Å². The molecule has 114 valence electrons. The Labute approximate surface area is 142 Å². The fourth-order valence-corrected chi connectivity index (χ4v) is 2.07. The molecule has 21 heavy (non-hydrogen) atoms. The number of anilines is 1. The van der Waals surface area contributed by atoms with Crippen LogP contribution in [0.2, 0.25) is 0 Å². The Bertz CT molecular complexity index is 620. The number of furan rings is 1. The van der Waals surface area contributed by atoms with E-state index in [4.69, 9.17) is 10.2 Å². The molecule has 3 N–H and O–H groups in total. The second-order valence-corrected chi connectivity index (χ2v) is 4.82. The third kappa shape index (κ3) is 5.08. The van der Waals surface area contributed by atoms with Gasteiger partial charge in [0.15, 0.2) is 5.96 Å². The van der Waals surface area contributed by atoms with E-state index >= 15 is 0 Å². The zero-order valence-electron chi connectivity index (χ0n) is 12.6. The number of hydrogen-bond donors (Lipinski definition) is 2. The van der Waals surface area contributed by atoms with Gasteiger partial charge >= 0.3 is 0 Å². The van der Waals surface area contributed by atoms with Gasteiger partial charge in [0.1, 0.15) is 11.5 Å². The molecule has 0 aliphatic carbocycles. The van der Waals surface area contributed by atoms with Crippen molar-refractivity contribution >= 4 is 35.6 Å². The Morgan fingerprint density at radius 1 is 1.29 bits per heavy atom. The van der Waals surface area contributed by atoms with E-state index in [0.29, 0.717) is 12.5 Å². The molecule has 1 aromatic carbocycles.